The molecule has 168 valence electrons. The van der Waals surface area contributed by atoms with E-state index < -0.39 is 23.5 Å². The summed E-state index contributed by atoms with van der Waals surface area (Å²) in [6, 6.07) is 19.5. The summed E-state index contributed by atoms with van der Waals surface area (Å²) in [6.07, 6.45) is -4.47. The van der Waals surface area contributed by atoms with E-state index in [0.29, 0.717) is 11.3 Å². The molecule has 0 aliphatic carbocycles. The largest absolute Gasteiger partial charge is 0.416 e. The summed E-state index contributed by atoms with van der Waals surface area (Å²) in [4.78, 5) is 13.0. The van der Waals surface area contributed by atoms with Crippen LogP contribution in [0.1, 0.15) is 27.2 Å². The number of amides is 1. The van der Waals surface area contributed by atoms with Gasteiger partial charge in [0.15, 0.2) is 0 Å². The summed E-state index contributed by atoms with van der Waals surface area (Å²) in [5.41, 5.74) is 1.73. The lowest BCUT2D eigenvalue weighted by atomic mass is 10.1. The van der Waals surface area contributed by atoms with E-state index in [1.165, 1.54) is 28.9 Å². The fourth-order valence-corrected chi connectivity index (χ4v) is 3.36. The number of rotatable bonds is 5. The molecule has 0 fully saturated rings. The molecule has 8 heteroatoms. The van der Waals surface area contributed by atoms with Crippen molar-refractivity contribution in [1.29, 1.82) is 0 Å². The van der Waals surface area contributed by atoms with Crippen molar-refractivity contribution in [1.82, 2.24) is 15.1 Å². The average Bonchev–Trinajstić information content (AvgIpc) is 3.23. The van der Waals surface area contributed by atoms with Crippen molar-refractivity contribution in [2.75, 3.05) is 0 Å². The zero-order valence-electron chi connectivity index (χ0n) is 17.5. The van der Waals surface area contributed by atoms with Crippen LogP contribution in [0.2, 0.25) is 0 Å². The molecule has 0 aliphatic heterocycles. The zero-order chi connectivity index (χ0) is 23.6. The van der Waals surface area contributed by atoms with Gasteiger partial charge in [0.05, 0.1) is 16.9 Å². The minimum Gasteiger partial charge on any atom is -0.347 e. The highest BCUT2D eigenvalue weighted by Crippen LogP contribution is 2.29. The SMILES string of the molecule is Cc1ccc(-n2nc(-c3ccccc3F)cc2C(=O)NCc2cccc(C(F)(F)F)c2)cc1. The predicted octanol–water partition coefficient (Wildman–Crippen LogP) is 5.94. The van der Waals surface area contributed by atoms with Gasteiger partial charge in [-0.05, 0) is 55.0 Å². The first-order valence-corrected chi connectivity index (χ1v) is 10.1. The van der Waals surface area contributed by atoms with Gasteiger partial charge in [-0.2, -0.15) is 18.3 Å². The molecule has 0 radical (unpaired) electrons. The number of aromatic nitrogens is 2. The number of benzene rings is 3. The van der Waals surface area contributed by atoms with Gasteiger partial charge in [-0.1, -0.05) is 42.0 Å². The normalized spacial score (nSPS) is 11.4. The maximum absolute atomic E-state index is 14.3. The van der Waals surface area contributed by atoms with Crippen molar-refractivity contribution in [3.8, 4) is 16.9 Å². The number of nitrogens with zero attached hydrogens (tertiary/aromatic N) is 2. The maximum Gasteiger partial charge on any atom is 0.416 e. The minimum absolute atomic E-state index is 0.114. The molecule has 0 saturated carbocycles. The zero-order valence-corrected chi connectivity index (χ0v) is 17.5. The van der Waals surface area contributed by atoms with E-state index in [2.05, 4.69) is 10.4 Å². The molecule has 0 aliphatic rings. The summed E-state index contributed by atoms with van der Waals surface area (Å²) in [6.45, 7) is 1.80. The molecule has 1 aromatic heterocycles. The van der Waals surface area contributed by atoms with Gasteiger partial charge in [0.25, 0.3) is 5.91 Å². The van der Waals surface area contributed by atoms with Crippen molar-refractivity contribution in [3.63, 3.8) is 0 Å². The van der Waals surface area contributed by atoms with Gasteiger partial charge in [0.2, 0.25) is 0 Å². The van der Waals surface area contributed by atoms with Crippen LogP contribution < -0.4 is 5.32 Å². The molecule has 1 heterocycles. The standard InChI is InChI=1S/C25H19F4N3O/c1-16-9-11-19(12-10-16)32-23(14-22(31-32)20-7-2-3-8-21(20)26)24(33)30-15-17-5-4-6-18(13-17)25(27,28)29/h2-14H,15H2,1H3,(H,30,33). The van der Waals surface area contributed by atoms with E-state index in [1.807, 2.05) is 19.1 Å². The van der Waals surface area contributed by atoms with Crippen molar-refractivity contribution < 1.29 is 22.4 Å². The lowest BCUT2D eigenvalue weighted by Gasteiger charge is -2.11. The summed E-state index contributed by atoms with van der Waals surface area (Å²) < 4.78 is 54.6. The van der Waals surface area contributed by atoms with Crippen LogP contribution >= 0.6 is 0 Å². The lowest BCUT2D eigenvalue weighted by Crippen LogP contribution is -2.25. The Hall–Kier alpha value is -3.94. The molecule has 0 bridgehead atoms. The minimum atomic E-state index is -4.47. The van der Waals surface area contributed by atoms with Gasteiger partial charge in [-0.15, -0.1) is 0 Å². The summed E-state index contributed by atoms with van der Waals surface area (Å²) in [5, 5.41) is 7.06. The van der Waals surface area contributed by atoms with E-state index in [9.17, 15) is 22.4 Å². The van der Waals surface area contributed by atoms with E-state index in [0.717, 1.165) is 17.7 Å². The molecule has 0 atom stereocenters. The van der Waals surface area contributed by atoms with Crippen molar-refractivity contribution in [3.05, 3.63) is 107 Å². The predicted molar refractivity (Wildman–Crippen MR) is 116 cm³/mol. The smallest absolute Gasteiger partial charge is 0.347 e. The van der Waals surface area contributed by atoms with Crippen LogP contribution in [0, 0.1) is 12.7 Å². The third-order valence-corrected chi connectivity index (χ3v) is 5.08. The van der Waals surface area contributed by atoms with Crippen LogP contribution in [0.3, 0.4) is 0 Å². The van der Waals surface area contributed by atoms with Crippen LogP contribution in [0.25, 0.3) is 16.9 Å². The topological polar surface area (TPSA) is 46.9 Å². The number of carbonyl (C=O) groups is 1. The van der Waals surface area contributed by atoms with Crippen molar-refractivity contribution >= 4 is 5.91 Å². The highest BCUT2D eigenvalue weighted by molar-refractivity contribution is 5.94. The number of hydrogen-bond acceptors (Lipinski definition) is 2. The first-order valence-electron chi connectivity index (χ1n) is 10.1. The van der Waals surface area contributed by atoms with Crippen molar-refractivity contribution in [2.45, 2.75) is 19.6 Å². The first kappa shape index (κ1) is 22.3. The molecule has 4 nitrogen and oxygen atoms in total. The molecule has 0 saturated heterocycles. The Morgan fingerprint density at radius 1 is 0.970 bits per heavy atom. The molecule has 4 aromatic rings. The van der Waals surface area contributed by atoms with Crippen LogP contribution in [0.4, 0.5) is 17.6 Å². The Morgan fingerprint density at radius 3 is 2.39 bits per heavy atom. The Labute approximate surface area is 187 Å². The average molecular weight is 453 g/mol. The fraction of sp³-hybridized carbons (Fsp3) is 0.120. The molecule has 3 aromatic carbocycles. The van der Waals surface area contributed by atoms with Gasteiger partial charge in [-0.3, -0.25) is 4.79 Å². The van der Waals surface area contributed by atoms with E-state index in [-0.39, 0.29) is 23.5 Å². The van der Waals surface area contributed by atoms with Gasteiger partial charge >= 0.3 is 6.18 Å². The summed E-state index contributed by atoms with van der Waals surface area (Å²) in [5.74, 6) is -1.04. The Morgan fingerprint density at radius 2 is 1.70 bits per heavy atom. The van der Waals surface area contributed by atoms with Crippen LogP contribution in [-0.2, 0) is 12.7 Å². The van der Waals surface area contributed by atoms with Crippen LogP contribution in [-0.4, -0.2) is 15.7 Å². The second kappa shape index (κ2) is 8.90. The van der Waals surface area contributed by atoms with E-state index in [4.69, 9.17) is 0 Å². The van der Waals surface area contributed by atoms with Gasteiger partial charge in [-0.25, -0.2) is 9.07 Å². The highest BCUT2D eigenvalue weighted by atomic mass is 19.4. The number of alkyl halides is 3. The first-order chi connectivity index (χ1) is 15.7. The molecule has 33 heavy (non-hydrogen) atoms. The van der Waals surface area contributed by atoms with Gasteiger partial charge in [0.1, 0.15) is 11.5 Å². The third-order valence-electron chi connectivity index (χ3n) is 5.08. The molecule has 0 unspecified atom stereocenters. The number of nitrogens with one attached hydrogen (secondary N) is 1. The number of carbonyl (C=O) groups excluding carboxylic acids is 1. The van der Waals surface area contributed by atoms with E-state index >= 15 is 0 Å². The Balaban J connectivity index is 1.66. The maximum atomic E-state index is 14.3. The van der Waals surface area contributed by atoms with Crippen molar-refractivity contribution in [2.24, 2.45) is 0 Å². The van der Waals surface area contributed by atoms with Crippen LogP contribution in [0.5, 0.6) is 0 Å². The Kier molecular flexibility index (Phi) is 6.00. The molecular formula is C25H19F4N3O. The quantitative estimate of drug-likeness (QED) is 0.381. The number of hydrogen-bond donors (Lipinski definition) is 1. The monoisotopic (exact) mass is 453 g/mol. The Bertz CT molecular complexity index is 1290. The molecule has 1 amide bonds. The lowest BCUT2D eigenvalue weighted by molar-refractivity contribution is -0.137. The number of aryl methyl sites for hydroxylation is 1. The summed E-state index contributed by atoms with van der Waals surface area (Å²) >= 11 is 0. The van der Waals surface area contributed by atoms with E-state index in [1.54, 1.807) is 30.3 Å². The second-order valence-electron chi connectivity index (χ2n) is 7.52. The molecule has 1 N–H and O–H groups in total. The fourth-order valence-electron chi connectivity index (χ4n) is 3.36. The molecular weight excluding hydrogens is 434 g/mol. The summed E-state index contributed by atoms with van der Waals surface area (Å²) in [7, 11) is 0. The van der Waals surface area contributed by atoms with Gasteiger partial charge < -0.3 is 5.32 Å². The van der Waals surface area contributed by atoms with Gasteiger partial charge in [0, 0.05) is 12.1 Å². The molecule has 0 spiro atoms. The number of halogens is 4. The third kappa shape index (κ3) is 4.95. The van der Waals surface area contributed by atoms with Crippen LogP contribution in [0.15, 0.2) is 78.9 Å². The molecule has 4 rings (SSSR count). The highest BCUT2D eigenvalue weighted by Gasteiger charge is 2.30. The second-order valence-corrected chi connectivity index (χ2v) is 7.52.